The van der Waals surface area contributed by atoms with Crippen molar-refractivity contribution in [3.8, 4) is 0 Å². The Balaban J connectivity index is 2.38. The van der Waals surface area contributed by atoms with E-state index in [1.165, 1.54) is 152 Å². The highest BCUT2D eigenvalue weighted by atomic mass is 15.4. The smallest absolute Gasteiger partial charge is 0.0915 e. The van der Waals surface area contributed by atoms with Crippen LogP contribution in [0.3, 0.4) is 0 Å². The van der Waals surface area contributed by atoms with Gasteiger partial charge in [-0.15, -0.1) is 0 Å². The maximum atomic E-state index is 2.76. The summed E-state index contributed by atoms with van der Waals surface area (Å²) in [6, 6.07) is 0. The Morgan fingerprint density at radius 1 is 0.438 bits per heavy atom. The quantitative estimate of drug-likeness (QED) is 0.178. The number of unbranched alkanes of at least 4 members (excludes halogenated alkanes) is 6. The molecule has 0 N–H and O–H groups in total. The van der Waals surface area contributed by atoms with Crippen LogP contribution in [-0.4, -0.2) is 110 Å². The Labute approximate surface area is 203 Å². The third-order valence-electron chi connectivity index (χ3n) is 8.90. The van der Waals surface area contributed by atoms with Crippen molar-refractivity contribution in [3.05, 3.63) is 0 Å². The van der Waals surface area contributed by atoms with Crippen molar-refractivity contribution in [2.75, 3.05) is 91.6 Å². The van der Waals surface area contributed by atoms with Crippen molar-refractivity contribution in [1.82, 2.24) is 9.80 Å². The Bertz CT molecular complexity index is 383. The fourth-order valence-electron chi connectivity index (χ4n) is 5.63. The van der Waals surface area contributed by atoms with Crippen molar-refractivity contribution < 1.29 is 8.97 Å². The first-order valence-electron chi connectivity index (χ1n) is 14.7. The lowest BCUT2D eigenvalue weighted by atomic mass is 10.1. The van der Waals surface area contributed by atoms with E-state index in [1.54, 1.807) is 0 Å². The number of hydrogen-bond donors (Lipinski definition) is 0. The average Bonchev–Trinajstić information content (AvgIpc) is 2.84. The van der Waals surface area contributed by atoms with Crippen LogP contribution in [0.4, 0.5) is 0 Å². The molecule has 0 radical (unpaired) electrons. The summed E-state index contributed by atoms with van der Waals surface area (Å²) in [6.45, 7) is 32.7. The minimum absolute atomic E-state index is 1.28. The van der Waals surface area contributed by atoms with E-state index in [-0.39, 0.29) is 0 Å². The molecular formula is C28H62N4+2. The predicted molar refractivity (Wildman–Crippen MR) is 143 cm³/mol. The fourth-order valence-corrected chi connectivity index (χ4v) is 5.63. The summed E-state index contributed by atoms with van der Waals surface area (Å²) in [5.74, 6) is 0. The van der Waals surface area contributed by atoms with Gasteiger partial charge in [-0.2, -0.15) is 0 Å². The van der Waals surface area contributed by atoms with E-state index in [1.807, 2.05) is 0 Å². The molecule has 1 aliphatic heterocycles. The van der Waals surface area contributed by atoms with Gasteiger partial charge in [0, 0.05) is 39.3 Å². The second kappa shape index (κ2) is 17.3. The molecule has 0 saturated carbocycles. The second-order valence-electron chi connectivity index (χ2n) is 10.6. The molecule has 0 aromatic rings. The monoisotopic (exact) mass is 454 g/mol. The second-order valence-corrected chi connectivity index (χ2v) is 10.6. The van der Waals surface area contributed by atoms with Gasteiger partial charge < -0.3 is 8.97 Å². The van der Waals surface area contributed by atoms with Crippen LogP contribution >= 0.6 is 0 Å². The van der Waals surface area contributed by atoms with E-state index in [0.717, 1.165) is 0 Å². The highest BCUT2D eigenvalue weighted by Crippen LogP contribution is 2.14. The van der Waals surface area contributed by atoms with Gasteiger partial charge >= 0.3 is 0 Å². The minimum Gasteiger partial charge on any atom is -0.323 e. The molecule has 192 valence electrons. The number of likely N-dealkylation sites (N-methyl/N-ethyl adjacent to an activating group) is 2. The summed E-state index contributed by atoms with van der Waals surface area (Å²) in [6.07, 6.45) is 11.2. The van der Waals surface area contributed by atoms with Crippen molar-refractivity contribution in [3.63, 3.8) is 0 Å². The number of hydrogen-bond acceptors (Lipinski definition) is 2. The van der Waals surface area contributed by atoms with Crippen molar-refractivity contribution in [1.29, 1.82) is 0 Å². The average molecular weight is 455 g/mol. The first-order chi connectivity index (χ1) is 15.5. The van der Waals surface area contributed by atoms with Crippen LogP contribution in [-0.2, 0) is 0 Å². The summed E-state index contributed by atoms with van der Waals surface area (Å²) in [4.78, 5) is 5.51. The van der Waals surface area contributed by atoms with Gasteiger partial charge in [-0.3, -0.25) is 9.80 Å². The van der Waals surface area contributed by atoms with Gasteiger partial charge in [0.05, 0.1) is 52.4 Å². The van der Waals surface area contributed by atoms with Crippen LogP contribution in [0.15, 0.2) is 0 Å². The summed E-state index contributed by atoms with van der Waals surface area (Å²) < 4.78 is 2.66. The molecule has 1 aliphatic rings. The minimum atomic E-state index is 1.28. The maximum Gasteiger partial charge on any atom is 0.0915 e. The molecule has 0 bridgehead atoms. The Morgan fingerprint density at radius 2 is 0.781 bits per heavy atom. The SMILES string of the molecule is CCCCCC[N+](CC)(CC)CCN1CCN(CC[N+](CC)(CC)CCCCCC)CC1. The predicted octanol–water partition coefficient (Wildman–Crippen LogP) is 5.48. The van der Waals surface area contributed by atoms with Crippen LogP contribution in [0.25, 0.3) is 0 Å². The summed E-state index contributed by atoms with van der Waals surface area (Å²) >= 11 is 0. The zero-order valence-corrected chi connectivity index (χ0v) is 23.3. The van der Waals surface area contributed by atoms with Gasteiger partial charge in [-0.25, -0.2) is 0 Å². The summed E-state index contributed by atoms with van der Waals surface area (Å²) in [5, 5.41) is 0. The molecule has 0 unspecified atom stereocenters. The third kappa shape index (κ3) is 10.8. The molecular weight excluding hydrogens is 392 g/mol. The third-order valence-corrected chi connectivity index (χ3v) is 8.90. The topological polar surface area (TPSA) is 6.48 Å². The lowest BCUT2D eigenvalue weighted by Crippen LogP contribution is -2.56. The maximum absolute atomic E-state index is 2.76. The Morgan fingerprint density at radius 3 is 1.06 bits per heavy atom. The standard InChI is InChI=1S/C28H62N4/c1-7-13-15-17-25-31(9-3,10-4)27-23-29-19-21-30(22-20-29)24-28-32(11-5,12-6)26-18-16-14-8-2/h7-28H2,1-6H3/q+2. The first kappa shape index (κ1) is 29.9. The van der Waals surface area contributed by atoms with Gasteiger partial charge in [0.15, 0.2) is 0 Å². The van der Waals surface area contributed by atoms with E-state index in [0.29, 0.717) is 0 Å². The molecule has 0 atom stereocenters. The van der Waals surface area contributed by atoms with E-state index in [2.05, 4.69) is 51.3 Å². The van der Waals surface area contributed by atoms with Crippen LogP contribution in [0.2, 0.25) is 0 Å². The molecule has 0 spiro atoms. The lowest BCUT2D eigenvalue weighted by Gasteiger charge is -2.42. The molecule has 0 aliphatic carbocycles. The molecule has 1 heterocycles. The van der Waals surface area contributed by atoms with Gasteiger partial charge in [-0.05, 0) is 53.4 Å². The number of nitrogens with zero attached hydrogens (tertiary/aromatic N) is 4. The molecule has 0 aromatic carbocycles. The van der Waals surface area contributed by atoms with E-state index in [9.17, 15) is 0 Å². The largest absolute Gasteiger partial charge is 0.323 e. The Kier molecular flexibility index (Phi) is 16.2. The molecule has 1 saturated heterocycles. The molecule has 0 amide bonds. The van der Waals surface area contributed by atoms with E-state index in [4.69, 9.17) is 0 Å². The van der Waals surface area contributed by atoms with Crippen LogP contribution in [0, 0.1) is 0 Å². The fraction of sp³-hybridized carbons (Fsp3) is 1.00. The van der Waals surface area contributed by atoms with Crippen molar-refractivity contribution in [2.45, 2.75) is 92.9 Å². The van der Waals surface area contributed by atoms with Gasteiger partial charge in [0.1, 0.15) is 0 Å². The molecule has 0 aromatic heterocycles. The van der Waals surface area contributed by atoms with Crippen LogP contribution in [0.5, 0.6) is 0 Å². The van der Waals surface area contributed by atoms with Crippen LogP contribution in [0.1, 0.15) is 92.9 Å². The molecule has 1 fully saturated rings. The summed E-state index contributed by atoms with van der Waals surface area (Å²) in [5.41, 5.74) is 0. The van der Waals surface area contributed by atoms with Crippen molar-refractivity contribution >= 4 is 0 Å². The van der Waals surface area contributed by atoms with E-state index >= 15 is 0 Å². The number of piperazine rings is 1. The number of quaternary nitrogens is 2. The zero-order valence-electron chi connectivity index (χ0n) is 23.3. The first-order valence-corrected chi connectivity index (χ1v) is 14.7. The normalized spacial score (nSPS) is 16.7. The van der Waals surface area contributed by atoms with E-state index < -0.39 is 0 Å². The molecule has 4 nitrogen and oxygen atoms in total. The molecule has 1 rings (SSSR count). The number of rotatable bonds is 20. The molecule has 4 heteroatoms. The van der Waals surface area contributed by atoms with Gasteiger partial charge in [0.25, 0.3) is 0 Å². The zero-order chi connectivity index (χ0) is 23.7. The summed E-state index contributed by atoms with van der Waals surface area (Å²) in [7, 11) is 0. The van der Waals surface area contributed by atoms with Crippen LogP contribution < -0.4 is 0 Å². The Hall–Kier alpha value is -0.160. The molecule has 32 heavy (non-hydrogen) atoms. The highest BCUT2D eigenvalue weighted by molar-refractivity contribution is 4.72. The van der Waals surface area contributed by atoms with Gasteiger partial charge in [0.2, 0.25) is 0 Å². The van der Waals surface area contributed by atoms with Gasteiger partial charge in [-0.1, -0.05) is 39.5 Å². The lowest BCUT2D eigenvalue weighted by molar-refractivity contribution is -0.924. The highest BCUT2D eigenvalue weighted by Gasteiger charge is 2.27. The van der Waals surface area contributed by atoms with Crippen molar-refractivity contribution in [2.24, 2.45) is 0 Å².